The molecule has 0 aliphatic carbocycles. The molecular formula is C29H30F2N6O2. The Morgan fingerprint density at radius 3 is 2.51 bits per heavy atom. The third kappa shape index (κ3) is 5.64. The predicted molar refractivity (Wildman–Crippen MR) is 144 cm³/mol. The number of aryl methyl sites for hydroxylation is 2. The number of rotatable bonds is 4. The molecule has 10 heteroatoms. The van der Waals surface area contributed by atoms with E-state index in [2.05, 4.69) is 19.9 Å². The number of carbonyl (C=O) groups excluding carboxylic acids is 1. The second-order valence-electron chi connectivity index (χ2n) is 10.7. The first-order chi connectivity index (χ1) is 18.5. The molecule has 1 aliphatic heterocycles. The van der Waals surface area contributed by atoms with Crippen LogP contribution in [0.1, 0.15) is 49.8 Å². The topological polar surface area (TPSA) is 86.0 Å². The fraction of sp³-hybridized carbons (Fsp3) is 0.345. The normalized spacial score (nSPS) is 14.0. The van der Waals surface area contributed by atoms with Crippen molar-refractivity contribution in [3.63, 3.8) is 0 Å². The molecule has 0 bridgehead atoms. The maximum absolute atomic E-state index is 15.5. The number of amides is 1. The molecule has 0 radical (unpaired) electrons. The number of benzene rings is 1. The number of ether oxygens (including phenoxy) is 1. The lowest BCUT2D eigenvalue weighted by atomic mass is 9.98. The molecule has 4 aromatic rings. The molecule has 1 amide bonds. The quantitative estimate of drug-likeness (QED) is 0.328. The van der Waals surface area contributed by atoms with Crippen LogP contribution >= 0.6 is 0 Å². The van der Waals surface area contributed by atoms with Crippen LogP contribution in [0.5, 0.6) is 0 Å². The molecule has 4 heterocycles. The number of aromatic nitrogens is 5. The van der Waals surface area contributed by atoms with E-state index in [1.54, 1.807) is 22.5 Å². The van der Waals surface area contributed by atoms with Crippen LogP contribution in [0, 0.1) is 25.5 Å². The summed E-state index contributed by atoms with van der Waals surface area (Å²) >= 11 is 0. The summed E-state index contributed by atoms with van der Waals surface area (Å²) in [5, 5.41) is 0. The van der Waals surface area contributed by atoms with Gasteiger partial charge in [0.15, 0.2) is 5.65 Å². The van der Waals surface area contributed by atoms with Gasteiger partial charge in [-0.3, -0.25) is 4.98 Å². The first-order valence-electron chi connectivity index (χ1n) is 12.8. The minimum atomic E-state index is -0.560. The van der Waals surface area contributed by atoms with Gasteiger partial charge in [-0.1, -0.05) is 18.2 Å². The Bertz CT molecular complexity index is 1610. The summed E-state index contributed by atoms with van der Waals surface area (Å²) < 4.78 is 36.7. The first-order valence-corrected chi connectivity index (χ1v) is 12.8. The van der Waals surface area contributed by atoms with E-state index in [0.29, 0.717) is 59.1 Å². The van der Waals surface area contributed by atoms with Crippen LogP contribution in [0.4, 0.5) is 13.6 Å². The minimum absolute atomic E-state index is 0.135. The molecule has 0 saturated heterocycles. The van der Waals surface area contributed by atoms with Crippen molar-refractivity contribution >= 4 is 22.8 Å². The maximum Gasteiger partial charge on any atom is 0.410 e. The van der Waals surface area contributed by atoms with Crippen LogP contribution in [0.3, 0.4) is 0 Å². The Labute approximate surface area is 225 Å². The molecule has 0 atom stereocenters. The Kier molecular flexibility index (Phi) is 6.88. The molecule has 8 nitrogen and oxygen atoms in total. The van der Waals surface area contributed by atoms with Crippen molar-refractivity contribution in [1.29, 1.82) is 0 Å². The lowest BCUT2D eigenvalue weighted by Crippen LogP contribution is -2.39. The van der Waals surface area contributed by atoms with E-state index in [1.807, 2.05) is 39.8 Å². The smallest absolute Gasteiger partial charge is 0.410 e. The van der Waals surface area contributed by atoms with Crippen LogP contribution in [-0.4, -0.2) is 54.2 Å². The Hall–Kier alpha value is -4.21. The van der Waals surface area contributed by atoms with Crippen LogP contribution in [-0.2, 0) is 11.3 Å². The zero-order chi connectivity index (χ0) is 27.9. The Morgan fingerprint density at radius 2 is 1.85 bits per heavy atom. The van der Waals surface area contributed by atoms with Gasteiger partial charge in [0, 0.05) is 30.4 Å². The van der Waals surface area contributed by atoms with Crippen LogP contribution in [0.15, 0.2) is 42.7 Å². The highest BCUT2D eigenvalue weighted by molar-refractivity contribution is 5.79. The molecule has 0 unspecified atom stereocenters. The van der Waals surface area contributed by atoms with Crippen LogP contribution < -0.4 is 0 Å². The number of halogens is 2. The highest BCUT2D eigenvalue weighted by Crippen LogP contribution is 2.29. The van der Waals surface area contributed by atoms with Gasteiger partial charge in [-0.05, 0) is 64.3 Å². The molecule has 39 heavy (non-hydrogen) atoms. The number of fused-ring (bicyclic) bond motifs is 1. The fourth-order valence-corrected chi connectivity index (χ4v) is 4.65. The fourth-order valence-electron chi connectivity index (χ4n) is 4.65. The molecule has 0 spiro atoms. The average Bonchev–Trinajstić information content (AvgIpc) is 3.23. The third-order valence-corrected chi connectivity index (χ3v) is 6.46. The SMILES string of the molecule is Cc1nc(C)c2nc(-c3cncc(F)c3)n(Cc3ccc(C4=CCN(C(=O)OC(C)(C)C)CC4)cc3F)c2n1. The number of hydrogen-bond acceptors (Lipinski definition) is 6. The molecule has 0 saturated carbocycles. The third-order valence-electron chi connectivity index (χ3n) is 6.46. The largest absolute Gasteiger partial charge is 0.444 e. The van der Waals surface area contributed by atoms with E-state index < -0.39 is 11.4 Å². The first kappa shape index (κ1) is 26.4. The van der Waals surface area contributed by atoms with Crippen LogP contribution in [0.2, 0.25) is 0 Å². The van der Waals surface area contributed by atoms with Crippen molar-refractivity contribution in [1.82, 2.24) is 29.4 Å². The van der Waals surface area contributed by atoms with Crippen molar-refractivity contribution in [3.05, 3.63) is 77.0 Å². The van der Waals surface area contributed by atoms with Gasteiger partial charge in [-0.15, -0.1) is 0 Å². The number of carbonyl (C=O) groups is 1. The van der Waals surface area contributed by atoms with Crippen molar-refractivity contribution in [2.75, 3.05) is 13.1 Å². The molecule has 5 rings (SSSR count). The zero-order valence-corrected chi connectivity index (χ0v) is 22.6. The predicted octanol–water partition coefficient (Wildman–Crippen LogP) is 5.86. The number of imidazole rings is 1. The van der Waals surface area contributed by atoms with Gasteiger partial charge in [0.1, 0.15) is 34.4 Å². The van der Waals surface area contributed by atoms with Gasteiger partial charge in [-0.2, -0.15) is 0 Å². The highest BCUT2D eigenvalue weighted by atomic mass is 19.1. The number of nitrogens with zero attached hydrogens (tertiary/aromatic N) is 6. The summed E-state index contributed by atoms with van der Waals surface area (Å²) in [6.45, 7) is 10.1. The van der Waals surface area contributed by atoms with Crippen molar-refractivity contribution in [2.45, 2.75) is 53.2 Å². The average molecular weight is 533 g/mol. The summed E-state index contributed by atoms with van der Waals surface area (Å²) in [6.07, 6.45) is 4.81. The number of pyridine rings is 1. The van der Waals surface area contributed by atoms with Crippen LogP contribution in [0.25, 0.3) is 28.1 Å². The van der Waals surface area contributed by atoms with E-state index in [9.17, 15) is 9.18 Å². The minimum Gasteiger partial charge on any atom is -0.444 e. The van der Waals surface area contributed by atoms with Gasteiger partial charge in [-0.25, -0.2) is 28.5 Å². The molecule has 3 aromatic heterocycles. The summed E-state index contributed by atoms with van der Waals surface area (Å²) in [5.41, 5.74) is 3.86. The molecule has 0 fully saturated rings. The lowest BCUT2D eigenvalue weighted by Gasteiger charge is -2.29. The summed E-state index contributed by atoms with van der Waals surface area (Å²) in [4.78, 5) is 31.6. The Morgan fingerprint density at radius 1 is 1.05 bits per heavy atom. The molecule has 202 valence electrons. The maximum atomic E-state index is 15.5. The van der Waals surface area contributed by atoms with Gasteiger partial charge in [0.25, 0.3) is 0 Å². The monoisotopic (exact) mass is 532 g/mol. The summed E-state index contributed by atoms with van der Waals surface area (Å²) in [7, 11) is 0. The highest BCUT2D eigenvalue weighted by Gasteiger charge is 2.24. The van der Waals surface area contributed by atoms with E-state index in [1.165, 1.54) is 18.3 Å². The van der Waals surface area contributed by atoms with E-state index in [-0.39, 0.29) is 18.5 Å². The zero-order valence-electron chi connectivity index (χ0n) is 22.6. The van der Waals surface area contributed by atoms with Gasteiger partial charge in [0.2, 0.25) is 0 Å². The molecule has 1 aromatic carbocycles. The van der Waals surface area contributed by atoms with Gasteiger partial charge < -0.3 is 14.2 Å². The number of hydrogen-bond donors (Lipinski definition) is 0. The Balaban J connectivity index is 1.44. The van der Waals surface area contributed by atoms with E-state index >= 15 is 4.39 Å². The molecule has 1 aliphatic rings. The summed E-state index contributed by atoms with van der Waals surface area (Å²) in [5.74, 6) is 0.119. The van der Waals surface area contributed by atoms with Gasteiger partial charge in [0.05, 0.1) is 18.4 Å². The van der Waals surface area contributed by atoms with Crippen molar-refractivity contribution in [3.8, 4) is 11.4 Å². The standard InChI is InChI=1S/C29H30F2N6O2/c1-17-25-27(34-18(2)33-17)37(26(35-25)22-12-23(30)15-32-14-22)16-21-7-6-20(13-24(21)31)19-8-10-36(11-9-19)28(38)39-29(3,4)5/h6-8,12-15H,9-11,16H2,1-5H3. The second-order valence-corrected chi connectivity index (χ2v) is 10.7. The second kappa shape index (κ2) is 10.2. The van der Waals surface area contributed by atoms with E-state index in [4.69, 9.17) is 4.74 Å². The molecule has 0 N–H and O–H groups in total. The lowest BCUT2D eigenvalue weighted by molar-refractivity contribution is 0.0270. The van der Waals surface area contributed by atoms with Crippen molar-refractivity contribution < 1.29 is 18.3 Å². The summed E-state index contributed by atoms with van der Waals surface area (Å²) in [6, 6.07) is 6.47. The molecular weight excluding hydrogens is 502 g/mol. The van der Waals surface area contributed by atoms with Gasteiger partial charge >= 0.3 is 6.09 Å². The van der Waals surface area contributed by atoms with Crippen molar-refractivity contribution in [2.24, 2.45) is 0 Å². The van der Waals surface area contributed by atoms with E-state index in [0.717, 1.165) is 17.3 Å².